The Morgan fingerprint density at radius 2 is 2.20 bits per heavy atom. The lowest BCUT2D eigenvalue weighted by atomic mass is 10.1. The van der Waals surface area contributed by atoms with Gasteiger partial charge in [0, 0.05) is 5.02 Å². The molecule has 2 N–H and O–H groups in total. The van der Waals surface area contributed by atoms with Crippen molar-refractivity contribution in [1.29, 1.82) is 0 Å². The minimum absolute atomic E-state index is 0.0972. The molecule has 0 bridgehead atoms. The van der Waals surface area contributed by atoms with Crippen molar-refractivity contribution in [3.8, 4) is 5.75 Å². The minimum Gasteiger partial charge on any atom is -0.493 e. The quantitative estimate of drug-likeness (QED) is 0.773. The van der Waals surface area contributed by atoms with E-state index in [1.807, 2.05) is 6.92 Å². The molecular weight excluding hydrogens is 282 g/mol. The number of carbonyl (C=O) groups is 2. The first-order valence-corrected chi connectivity index (χ1v) is 6.81. The highest BCUT2D eigenvalue weighted by Crippen LogP contribution is 2.17. The summed E-state index contributed by atoms with van der Waals surface area (Å²) in [5, 5.41) is 12.0. The largest absolute Gasteiger partial charge is 0.493 e. The van der Waals surface area contributed by atoms with Crippen molar-refractivity contribution in [2.24, 2.45) is 0 Å². The molecule has 1 amide bonds. The first-order chi connectivity index (χ1) is 9.52. The molecule has 0 radical (unpaired) electrons. The van der Waals surface area contributed by atoms with Crippen molar-refractivity contribution in [2.45, 2.75) is 32.2 Å². The molecule has 110 valence electrons. The van der Waals surface area contributed by atoms with Crippen LogP contribution in [-0.4, -0.2) is 29.6 Å². The standard InChI is InChI=1S/C14H18ClNO4/c1-2-4-12(14(18)19)16-13(17)7-8-20-11-6-3-5-10(15)9-11/h3,5-6,9,12H,2,4,7-8H2,1H3,(H,16,17)(H,18,19)/t12-/m0/s1. The normalized spacial score (nSPS) is 11.7. The second-order valence-corrected chi connectivity index (χ2v) is 4.74. The van der Waals surface area contributed by atoms with Crippen LogP contribution in [0.15, 0.2) is 24.3 Å². The number of hydrogen-bond acceptors (Lipinski definition) is 3. The van der Waals surface area contributed by atoms with Crippen LogP contribution < -0.4 is 10.1 Å². The summed E-state index contributed by atoms with van der Waals surface area (Å²) in [5.74, 6) is -0.780. The number of rotatable bonds is 8. The molecule has 0 aliphatic carbocycles. The van der Waals surface area contributed by atoms with Gasteiger partial charge in [0.05, 0.1) is 13.0 Å². The molecule has 6 heteroatoms. The highest BCUT2D eigenvalue weighted by molar-refractivity contribution is 6.30. The molecule has 1 aromatic rings. The number of halogens is 1. The number of amides is 1. The summed E-state index contributed by atoms with van der Waals surface area (Å²) in [5.41, 5.74) is 0. The van der Waals surface area contributed by atoms with E-state index in [1.165, 1.54) is 0 Å². The number of nitrogens with one attached hydrogen (secondary N) is 1. The highest BCUT2D eigenvalue weighted by atomic mass is 35.5. The maximum atomic E-state index is 11.6. The fourth-order valence-corrected chi connectivity index (χ4v) is 1.81. The molecule has 1 atom stereocenters. The summed E-state index contributed by atoms with van der Waals surface area (Å²) < 4.78 is 5.37. The molecule has 20 heavy (non-hydrogen) atoms. The number of carboxylic acids is 1. The van der Waals surface area contributed by atoms with Crippen LogP contribution in [0.5, 0.6) is 5.75 Å². The third-order valence-corrected chi connectivity index (χ3v) is 2.84. The Bertz CT molecular complexity index is 464. The van der Waals surface area contributed by atoms with Crippen molar-refractivity contribution < 1.29 is 19.4 Å². The lowest BCUT2D eigenvalue weighted by Gasteiger charge is -2.13. The monoisotopic (exact) mass is 299 g/mol. The van der Waals surface area contributed by atoms with Crippen LogP contribution in [-0.2, 0) is 9.59 Å². The number of ether oxygens (including phenoxy) is 1. The molecule has 0 unspecified atom stereocenters. The highest BCUT2D eigenvalue weighted by Gasteiger charge is 2.18. The van der Waals surface area contributed by atoms with Gasteiger partial charge in [-0.3, -0.25) is 4.79 Å². The molecule has 0 saturated carbocycles. The van der Waals surface area contributed by atoms with Gasteiger partial charge in [-0.1, -0.05) is 31.0 Å². The van der Waals surface area contributed by atoms with E-state index in [2.05, 4.69) is 5.32 Å². The van der Waals surface area contributed by atoms with Crippen molar-refractivity contribution in [1.82, 2.24) is 5.32 Å². The van der Waals surface area contributed by atoms with Gasteiger partial charge in [0.25, 0.3) is 0 Å². The Morgan fingerprint density at radius 1 is 1.45 bits per heavy atom. The van der Waals surface area contributed by atoms with Gasteiger partial charge in [-0.15, -0.1) is 0 Å². The maximum absolute atomic E-state index is 11.6. The summed E-state index contributed by atoms with van der Waals surface area (Å²) in [6, 6.07) is 6.03. The number of hydrogen-bond donors (Lipinski definition) is 2. The van der Waals surface area contributed by atoms with Crippen LogP contribution >= 0.6 is 11.6 Å². The summed E-state index contributed by atoms with van der Waals surface area (Å²) in [6.07, 6.45) is 1.20. The molecule has 0 heterocycles. The van der Waals surface area contributed by atoms with E-state index < -0.39 is 12.0 Å². The zero-order valence-electron chi connectivity index (χ0n) is 11.3. The van der Waals surface area contributed by atoms with Crippen molar-refractivity contribution in [3.63, 3.8) is 0 Å². The topological polar surface area (TPSA) is 75.6 Å². The number of benzene rings is 1. The first kappa shape index (κ1) is 16.3. The van der Waals surface area contributed by atoms with E-state index in [1.54, 1.807) is 24.3 Å². The van der Waals surface area contributed by atoms with Gasteiger partial charge in [-0.05, 0) is 24.6 Å². The van der Waals surface area contributed by atoms with Crippen LogP contribution in [0.1, 0.15) is 26.2 Å². The molecule has 0 aliphatic rings. The van der Waals surface area contributed by atoms with Crippen molar-refractivity contribution in [2.75, 3.05) is 6.61 Å². The van der Waals surface area contributed by atoms with E-state index in [9.17, 15) is 9.59 Å². The molecule has 0 aromatic heterocycles. The predicted molar refractivity (Wildman–Crippen MR) is 76.0 cm³/mol. The van der Waals surface area contributed by atoms with E-state index in [-0.39, 0.29) is 18.9 Å². The molecule has 0 aliphatic heterocycles. The molecule has 1 aromatic carbocycles. The fraction of sp³-hybridized carbons (Fsp3) is 0.429. The van der Waals surface area contributed by atoms with Gasteiger partial charge in [0.1, 0.15) is 11.8 Å². The van der Waals surface area contributed by atoms with Crippen molar-refractivity contribution >= 4 is 23.5 Å². The second-order valence-electron chi connectivity index (χ2n) is 4.30. The van der Waals surface area contributed by atoms with Crippen LogP contribution in [0.25, 0.3) is 0 Å². The Kier molecular flexibility index (Phi) is 6.87. The van der Waals surface area contributed by atoms with Gasteiger partial charge in [0.2, 0.25) is 5.91 Å². The summed E-state index contributed by atoms with van der Waals surface area (Å²) in [6.45, 7) is 2.04. The molecule has 0 fully saturated rings. The van der Waals surface area contributed by atoms with E-state index >= 15 is 0 Å². The Morgan fingerprint density at radius 3 is 2.80 bits per heavy atom. The minimum atomic E-state index is -1.02. The van der Waals surface area contributed by atoms with Crippen LogP contribution in [0.3, 0.4) is 0 Å². The van der Waals surface area contributed by atoms with Gasteiger partial charge < -0.3 is 15.2 Å². The molecular formula is C14H18ClNO4. The average Bonchev–Trinajstić information content (AvgIpc) is 2.38. The zero-order chi connectivity index (χ0) is 15.0. The zero-order valence-corrected chi connectivity index (χ0v) is 12.0. The van der Waals surface area contributed by atoms with Crippen LogP contribution in [0.4, 0.5) is 0 Å². The number of aliphatic carboxylic acids is 1. The van der Waals surface area contributed by atoms with Gasteiger partial charge in [-0.2, -0.15) is 0 Å². The summed E-state index contributed by atoms with van der Waals surface area (Å²) in [7, 11) is 0. The molecule has 0 saturated heterocycles. The lowest BCUT2D eigenvalue weighted by molar-refractivity contribution is -0.142. The average molecular weight is 300 g/mol. The van der Waals surface area contributed by atoms with Crippen LogP contribution in [0, 0.1) is 0 Å². The van der Waals surface area contributed by atoms with Crippen LogP contribution in [0.2, 0.25) is 5.02 Å². The Balaban J connectivity index is 2.34. The van der Waals surface area contributed by atoms with Gasteiger partial charge in [0.15, 0.2) is 0 Å². The second kappa shape index (κ2) is 8.43. The maximum Gasteiger partial charge on any atom is 0.326 e. The van der Waals surface area contributed by atoms with E-state index in [4.69, 9.17) is 21.4 Å². The van der Waals surface area contributed by atoms with Crippen molar-refractivity contribution in [3.05, 3.63) is 29.3 Å². The van der Waals surface area contributed by atoms with Gasteiger partial charge >= 0.3 is 5.97 Å². The Labute approximate surface area is 122 Å². The number of carbonyl (C=O) groups excluding carboxylic acids is 1. The summed E-state index contributed by atoms with van der Waals surface area (Å²) >= 11 is 5.80. The predicted octanol–water partition coefficient (Wildman–Crippen LogP) is 2.48. The Hall–Kier alpha value is -1.75. The molecule has 5 nitrogen and oxygen atoms in total. The molecule has 1 rings (SSSR count). The fourth-order valence-electron chi connectivity index (χ4n) is 1.63. The summed E-state index contributed by atoms with van der Waals surface area (Å²) in [4.78, 5) is 22.5. The first-order valence-electron chi connectivity index (χ1n) is 6.43. The smallest absolute Gasteiger partial charge is 0.326 e. The third kappa shape index (κ3) is 5.93. The third-order valence-electron chi connectivity index (χ3n) is 2.60. The van der Waals surface area contributed by atoms with Gasteiger partial charge in [-0.25, -0.2) is 4.79 Å². The van der Waals surface area contributed by atoms with E-state index in [0.29, 0.717) is 23.6 Å². The number of carboxylic acid groups (broad SMARTS) is 1. The van der Waals surface area contributed by atoms with E-state index in [0.717, 1.165) is 0 Å². The molecule has 0 spiro atoms. The SMILES string of the molecule is CCC[C@H](NC(=O)CCOc1cccc(Cl)c1)C(=O)O. The lowest BCUT2D eigenvalue weighted by Crippen LogP contribution is -2.41.